The topological polar surface area (TPSA) is 52.7 Å². The highest BCUT2D eigenvalue weighted by molar-refractivity contribution is 7.71. The summed E-state index contributed by atoms with van der Waals surface area (Å²) in [6, 6.07) is 2.16. The Bertz CT molecular complexity index is 361. The van der Waals surface area contributed by atoms with Crippen molar-refractivity contribution in [3.8, 4) is 6.07 Å². The molecule has 1 N–H and O–H groups in total. The van der Waals surface area contributed by atoms with Crippen LogP contribution in [0.1, 0.15) is 44.2 Å². The predicted molar refractivity (Wildman–Crippen MR) is 60.9 cm³/mol. The smallest absolute Gasteiger partial charge is 0.266 e. The molecule has 0 aliphatic carbocycles. The van der Waals surface area contributed by atoms with E-state index >= 15 is 0 Å². The molecule has 0 saturated carbocycles. The van der Waals surface area contributed by atoms with Gasteiger partial charge >= 0.3 is 0 Å². The Morgan fingerprint density at radius 3 is 2.67 bits per heavy atom. The summed E-state index contributed by atoms with van der Waals surface area (Å²) in [6.07, 6.45) is 9.14. The highest BCUT2D eigenvalue weighted by Gasteiger charge is 1.96. The van der Waals surface area contributed by atoms with Crippen LogP contribution in [0.25, 0.3) is 0 Å². The van der Waals surface area contributed by atoms with Gasteiger partial charge in [0.1, 0.15) is 6.26 Å². The molecule has 0 aliphatic heterocycles. The lowest BCUT2D eigenvalue weighted by atomic mass is 10.1. The van der Waals surface area contributed by atoms with Crippen molar-refractivity contribution in [2.75, 3.05) is 0 Å². The van der Waals surface area contributed by atoms with Gasteiger partial charge in [0.05, 0.1) is 11.8 Å². The van der Waals surface area contributed by atoms with Crippen LogP contribution in [0.3, 0.4) is 0 Å². The van der Waals surface area contributed by atoms with Crippen LogP contribution >= 0.6 is 12.2 Å². The third kappa shape index (κ3) is 5.38. The minimum Gasteiger partial charge on any atom is -0.438 e. The summed E-state index contributed by atoms with van der Waals surface area (Å²) in [5.74, 6) is 0. The van der Waals surface area contributed by atoms with Crippen LogP contribution < -0.4 is 0 Å². The Labute approximate surface area is 95.1 Å². The van der Waals surface area contributed by atoms with Gasteiger partial charge in [-0.05, 0) is 31.5 Å². The van der Waals surface area contributed by atoms with E-state index in [0.29, 0.717) is 11.3 Å². The average molecular weight is 224 g/mol. The van der Waals surface area contributed by atoms with Gasteiger partial charge in [0.2, 0.25) is 0 Å². The lowest BCUT2D eigenvalue weighted by Crippen LogP contribution is -1.86. The number of H-pyrrole nitrogens is 1. The van der Waals surface area contributed by atoms with Crippen LogP contribution in [0.4, 0.5) is 0 Å². The first-order valence-corrected chi connectivity index (χ1v) is 5.77. The van der Waals surface area contributed by atoms with Gasteiger partial charge in [0.25, 0.3) is 4.84 Å². The van der Waals surface area contributed by atoms with E-state index in [-0.39, 0.29) is 0 Å². The molecule has 0 unspecified atom stereocenters. The van der Waals surface area contributed by atoms with Gasteiger partial charge in [-0.2, -0.15) is 5.26 Å². The van der Waals surface area contributed by atoms with Crippen molar-refractivity contribution in [1.82, 2.24) is 4.98 Å². The summed E-state index contributed by atoms with van der Waals surface area (Å²) in [7, 11) is 0. The lowest BCUT2D eigenvalue weighted by Gasteiger charge is -1.98. The summed E-state index contributed by atoms with van der Waals surface area (Å²) in [6.45, 7) is 0. The molecule has 0 aromatic carbocycles. The number of oxazole rings is 1. The molecule has 0 bridgehead atoms. The molecule has 82 valence electrons. The summed E-state index contributed by atoms with van der Waals surface area (Å²) in [5.41, 5.74) is 1.08. The van der Waals surface area contributed by atoms with Crippen molar-refractivity contribution in [3.05, 3.63) is 16.8 Å². The zero-order chi connectivity index (χ0) is 10.9. The number of aromatic nitrogens is 1. The monoisotopic (exact) mass is 224 g/mol. The van der Waals surface area contributed by atoms with Gasteiger partial charge in [-0.15, -0.1) is 0 Å². The van der Waals surface area contributed by atoms with E-state index < -0.39 is 0 Å². The van der Waals surface area contributed by atoms with Gasteiger partial charge in [-0.25, -0.2) is 0 Å². The number of unbranched alkanes of at least 4 members (excludes halogenated alkanes) is 5. The summed E-state index contributed by atoms with van der Waals surface area (Å²) in [5, 5.41) is 8.35. The quantitative estimate of drug-likeness (QED) is 0.567. The zero-order valence-electron chi connectivity index (χ0n) is 8.79. The predicted octanol–water partition coefficient (Wildman–Crippen LogP) is 3.74. The fourth-order valence-corrected chi connectivity index (χ4v) is 1.67. The first kappa shape index (κ1) is 12.0. The number of nitrogens with zero attached hydrogens (tertiary/aromatic N) is 1. The molecule has 0 saturated heterocycles. The van der Waals surface area contributed by atoms with Crippen LogP contribution in [0, 0.1) is 16.2 Å². The van der Waals surface area contributed by atoms with Crippen molar-refractivity contribution >= 4 is 12.2 Å². The second-order valence-corrected chi connectivity index (χ2v) is 3.97. The summed E-state index contributed by atoms with van der Waals surface area (Å²) in [4.78, 5) is 3.45. The van der Waals surface area contributed by atoms with E-state index in [1.54, 1.807) is 6.26 Å². The fourth-order valence-electron chi connectivity index (χ4n) is 1.49. The molecule has 15 heavy (non-hydrogen) atoms. The first-order chi connectivity index (χ1) is 7.33. The molecule has 0 fully saturated rings. The normalized spacial score (nSPS) is 10.1. The molecule has 0 aliphatic rings. The Morgan fingerprint density at radius 1 is 1.27 bits per heavy atom. The maximum absolute atomic E-state index is 8.35. The third-order valence-corrected chi connectivity index (χ3v) is 2.50. The Hall–Kier alpha value is -1.08. The van der Waals surface area contributed by atoms with Crippen molar-refractivity contribution in [3.63, 3.8) is 0 Å². The van der Waals surface area contributed by atoms with E-state index in [0.717, 1.165) is 31.4 Å². The lowest BCUT2D eigenvalue weighted by molar-refractivity contribution is 0.538. The molecule has 0 amide bonds. The Kier molecular flexibility index (Phi) is 5.79. The number of nitrogens with one attached hydrogen (secondary N) is 1. The highest BCUT2D eigenvalue weighted by atomic mass is 32.1. The molecule has 0 atom stereocenters. The number of rotatable bonds is 7. The van der Waals surface area contributed by atoms with Gasteiger partial charge in [-0.3, -0.25) is 0 Å². The van der Waals surface area contributed by atoms with E-state index in [9.17, 15) is 0 Å². The van der Waals surface area contributed by atoms with E-state index in [4.69, 9.17) is 21.9 Å². The fraction of sp³-hybridized carbons (Fsp3) is 0.636. The van der Waals surface area contributed by atoms with Crippen molar-refractivity contribution in [2.45, 2.75) is 44.9 Å². The zero-order valence-corrected chi connectivity index (χ0v) is 9.61. The second kappa shape index (κ2) is 7.24. The van der Waals surface area contributed by atoms with E-state index in [2.05, 4.69) is 11.1 Å². The maximum atomic E-state index is 8.35. The van der Waals surface area contributed by atoms with Crippen molar-refractivity contribution in [2.24, 2.45) is 0 Å². The molecule has 0 spiro atoms. The van der Waals surface area contributed by atoms with Crippen molar-refractivity contribution < 1.29 is 4.42 Å². The van der Waals surface area contributed by atoms with Gasteiger partial charge in [0.15, 0.2) is 0 Å². The minimum atomic E-state index is 0.457. The van der Waals surface area contributed by atoms with E-state index in [1.807, 2.05) is 0 Å². The molecule has 4 heteroatoms. The van der Waals surface area contributed by atoms with Crippen LogP contribution in [0.15, 0.2) is 10.7 Å². The molecule has 1 heterocycles. The van der Waals surface area contributed by atoms with Crippen LogP contribution in [0.5, 0.6) is 0 Å². The number of nitriles is 1. The largest absolute Gasteiger partial charge is 0.438 e. The molecule has 1 rings (SSSR count). The number of hydrogen-bond acceptors (Lipinski definition) is 3. The minimum absolute atomic E-state index is 0.457. The molecular formula is C11H16N2OS. The van der Waals surface area contributed by atoms with Crippen LogP contribution in [-0.2, 0) is 6.42 Å². The molecule has 0 radical (unpaired) electrons. The number of aromatic amines is 1. The number of aryl methyl sites for hydroxylation is 1. The Balaban J connectivity index is 1.98. The molecule has 1 aromatic rings. The summed E-state index contributed by atoms with van der Waals surface area (Å²) < 4.78 is 5.00. The molecular weight excluding hydrogens is 208 g/mol. The van der Waals surface area contributed by atoms with Crippen LogP contribution in [0.2, 0.25) is 0 Å². The average Bonchev–Trinajstić information content (AvgIpc) is 2.63. The highest BCUT2D eigenvalue weighted by Crippen LogP contribution is 2.08. The van der Waals surface area contributed by atoms with Crippen molar-refractivity contribution in [1.29, 1.82) is 5.26 Å². The van der Waals surface area contributed by atoms with Gasteiger partial charge in [0, 0.05) is 6.42 Å². The first-order valence-electron chi connectivity index (χ1n) is 5.36. The molecule has 1 aromatic heterocycles. The standard InChI is InChI=1S/C11H16N2OS/c12-8-6-4-2-1-3-5-7-10-9-14-11(15)13-10/h9H,1-7H2,(H,13,15). The van der Waals surface area contributed by atoms with Gasteiger partial charge < -0.3 is 9.40 Å². The summed E-state index contributed by atoms with van der Waals surface area (Å²) >= 11 is 4.83. The number of hydrogen-bond donors (Lipinski definition) is 1. The third-order valence-electron chi connectivity index (χ3n) is 2.31. The second-order valence-electron chi connectivity index (χ2n) is 3.60. The van der Waals surface area contributed by atoms with E-state index in [1.165, 1.54) is 12.8 Å². The van der Waals surface area contributed by atoms with Gasteiger partial charge in [-0.1, -0.05) is 19.3 Å². The Morgan fingerprint density at radius 2 is 2.00 bits per heavy atom. The molecule has 3 nitrogen and oxygen atoms in total. The SMILES string of the molecule is N#CCCCCCCCc1coc(=S)[nH]1. The van der Waals surface area contributed by atoms with Crippen LogP contribution in [-0.4, -0.2) is 4.98 Å². The maximum Gasteiger partial charge on any atom is 0.266 e.